The minimum atomic E-state index is 0.220. The van der Waals surface area contributed by atoms with Crippen molar-refractivity contribution in [2.75, 3.05) is 7.11 Å². The number of furan rings is 1. The fourth-order valence-electron chi connectivity index (χ4n) is 4.49. The van der Waals surface area contributed by atoms with E-state index in [1.54, 1.807) is 7.11 Å². The van der Waals surface area contributed by atoms with Gasteiger partial charge in [-0.3, -0.25) is 4.98 Å². The molecule has 3 aromatic carbocycles. The first-order valence-corrected chi connectivity index (χ1v) is 11.4. The molecule has 0 unspecified atom stereocenters. The van der Waals surface area contributed by atoms with Crippen molar-refractivity contribution in [3.8, 4) is 28.1 Å². The number of pyridine rings is 1. The van der Waals surface area contributed by atoms with Crippen molar-refractivity contribution in [1.29, 1.82) is 0 Å². The zero-order chi connectivity index (χ0) is 23.2. The number of fused-ring (bicyclic) bond motifs is 3. The third-order valence-corrected chi connectivity index (χ3v) is 6.10. The first-order chi connectivity index (χ1) is 15.8. The van der Waals surface area contributed by atoms with Crippen LogP contribution in [0.4, 0.5) is 0 Å². The van der Waals surface area contributed by atoms with Gasteiger partial charge in [0.2, 0.25) is 0 Å². The molecule has 0 aliphatic carbocycles. The van der Waals surface area contributed by atoms with E-state index in [2.05, 4.69) is 82.3 Å². The molecule has 0 fully saturated rings. The molecule has 166 valence electrons. The highest BCUT2D eigenvalue weighted by Gasteiger charge is 2.17. The topological polar surface area (TPSA) is 35.3 Å². The molecule has 2 aromatic heterocycles. The molecule has 0 saturated carbocycles. The molecule has 0 bridgehead atoms. The molecule has 0 radical (unpaired) electrons. The summed E-state index contributed by atoms with van der Waals surface area (Å²) in [4.78, 5) is 4.77. The molecular formula is C30H29NO2. The molecule has 0 atom stereocenters. The quantitative estimate of drug-likeness (QED) is 0.285. The van der Waals surface area contributed by atoms with Crippen LogP contribution < -0.4 is 4.74 Å². The predicted octanol–water partition coefficient (Wildman–Crippen LogP) is 8.22. The van der Waals surface area contributed by atoms with Gasteiger partial charge in [-0.1, -0.05) is 51.1 Å². The number of methoxy groups -OCH3 is 1. The standard InChI is InChI=1S/C30H29NO2/c1-19-18-31-26(14-22(19)17-30(2,3)4)21-11-12-27-25(13-21)29-24(20-9-7-6-8-10-20)15-23(32-5)16-28(29)33-27/h6-16,18H,17H2,1-5H3. The van der Waals surface area contributed by atoms with Crippen LogP contribution in [0.1, 0.15) is 31.9 Å². The second-order valence-corrected chi connectivity index (χ2v) is 9.96. The average Bonchev–Trinajstić information content (AvgIpc) is 3.17. The number of aromatic nitrogens is 1. The van der Waals surface area contributed by atoms with Gasteiger partial charge in [0.05, 0.1) is 12.8 Å². The number of rotatable bonds is 4. The summed E-state index contributed by atoms with van der Waals surface area (Å²) in [7, 11) is 1.69. The maximum Gasteiger partial charge on any atom is 0.139 e. The zero-order valence-electron chi connectivity index (χ0n) is 19.9. The zero-order valence-corrected chi connectivity index (χ0v) is 19.9. The molecule has 0 aliphatic heterocycles. The van der Waals surface area contributed by atoms with E-state index < -0.39 is 0 Å². The lowest BCUT2D eigenvalue weighted by molar-refractivity contribution is 0.410. The van der Waals surface area contributed by atoms with E-state index in [0.717, 1.165) is 56.5 Å². The highest BCUT2D eigenvalue weighted by molar-refractivity contribution is 6.13. The van der Waals surface area contributed by atoms with Gasteiger partial charge in [0.15, 0.2) is 0 Å². The third kappa shape index (κ3) is 4.11. The van der Waals surface area contributed by atoms with E-state index in [-0.39, 0.29) is 5.41 Å². The summed E-state index contributed by atoms with van der Waals surface area (Å²) < 4.78 is 11.8. The van der Waals surface area contributed by atoms with Crippen molar-refractivity contribution in [3.05, 3.63) is 84.1 Å². The fraction of sp³-hybridized carbons (Fsp3) is 0.233. The molecule has 0 aliphatic rings. The van der Waals surface area contributed by atoms with Crippen molar-refractivity contribution in [3.63, 3.8) is 0 Å². The normalized spacial score (nSPS) is 11.9. The summed E-state index contributed by atoms with van der Waals surface area (Å²) in [6.07, 6.45) is 3.01. The van der Waals surface area contributed by atoms with Crippen LogP contribution in [-0.2, 0) is 6.42 Å². The van der Waals surface area contributed by atoms with Gasteiger partial charge in [0.1, 0.15) is 16.9 Å². The predicted molar refractivity (Wildman–Crippen MR) is 137 cm³/mol. The molecule has 5 aromatic rings. The van der Waals surface area contributed by atoms with Crippen LogP contribution in [0.5, 0.6) is 5.75 Å². The van der Waals surface area contributed by atoms with E-state index in [0.29, 0.717) is 0 Å². The number of ether oxygens (including phenoxy) is 1. The van der Waals surface area contributed by atoms with Crippen molar-refractivity contribution >= 4 is 21.9 Å². The maximum absolute atomic E-state index is 6.26. The largest absolute Gasteiger partial charge is 0.497 e. The number of benzene rings is 3. The number of hydrogen-bond donors (Lipinski definition) is 0. The van der Waals surface area contributed by atoms with E-state index in [4.69, 9.17) is 14.1 Å². The van der Waals surface area contributed by atoms with Crippen LogP contribution in [0.3, 0.4) is 0 Å². The minimum absolute atomic E-state index is 0.220. The maximum atomic E-state index is 6.26. The molecule has 0 N–H and O–H groups in total. The van der Waals surface area contributed by atoms with Gasteiger partial charge < -0.3 is 9.15 Å². The Labute approximate surface area is 195 Å². The Bertz CT molecular complexity index is 1460. The van der Waals surface area contributed by atoms with Crippen LogP contribution in [0, 0.1) is 12.3 Å². The molecule has 0 spiro atoms. The highest BCUT2D eigenvalue weighted by Crippen LogP contribution is 2.40. The summed E-state index contributed by atoms with van der Waals surface area (Å²) >= 11 is 0. The molecule has 0 saturated heterocycles. The third-order valence-electron chi connectivity index (χ3n) is 6.10. The van der Waals surface area contributed by atoms with Crippen LogP contribution in [-0.4, -0.2) is 12.1 Å². The van der Waals surface area contributed by atoms with Crippen molar-refractivity contribution in [2.45, 2.75) is 34.1 Å². The van der Waals surface area contributed by atoms with Gasteiger partial charge in [0.25, 0.3) is 0 Å². The number of nitrogens with zero attached hydrogens (tertiary/aromatic N) is 1. The van der Waals surface area contributed by atoms with E-state index >= 15 is 0 Å². The van der Waals surface area contributed by atoms with Crippen molar-refractivity contribution in [1.82, 2.24) is 4.98 Å². The molecule has 5 rings (SSSR count). The average molecular weight is 436 g/mol. The van der Waals surface area contributed by atoms with E-state index in [9.17, 15) is 0 Å². The molecule has 3 nitrogen and oxygen atoms in total. The first kappa shape index (κ1) is 21.3. The van der Waals surface area contributed by atoms with Gasteiger partial charge in [-0.25, -0.2) is 0 Å². The number of aryl methyl sites for hydroxylation is 1. The summed E-state index contributed by atoms with van der Waals surface area (Å²) in [5.41, 5.74) is 8.81. The van der Waals surface area contributed by atoms with Gasteiger partial charge in [-0.2, -0.15) is 0 Å². The van der Waals surface area contributed by atoms with Gasteiger partial charge in [-0.05, 0) is 71.3 Å². The van der Waals surface area contributed by atoms with E-state index in [1.165, 1.54) is 11.1 Å². The van der Waals surface area contributed by atoms with Crippen molar-refractivity contribution in [2.24, 2.45) is 5.41 Å². The Morgan fingerprint density at radius 1 is 0.879 bits per heavy atom. The van der Waals surface area contributed by atoms with Gasteiger partial charge >= 0.3 is 0 Å². The van der Waals surface area contributed by atoms with Crippen LogP contribution in [0.15, 0.2) is 77.3 Å². The summed E-state index contributed by atoms with van der Waals surface area (Å²) in [5.74, 6) is 0.785. The van der Waals surface area contributed by atoms with Crippen LogP contribution in [0.2, 0.25) is 0 Å². The SMILES string of the molecule is COc1cc(-c2ccccc2)c2c(c1)oc1ccc(-c3cc(CC(C)(C)C)c(C)cn3)cc12. The van der Waals surface area contributed by atoms with Crippen LogP contribution in [0.25, 0.3) is 44.3 Å². The molecule has 33 heavy (non-hydrogen) atoms. The Kier molecular flexibility index (Phi) is 5.20. The smallest absolute Gasteiger partial charge is 0.139 e. The molecule has 0 amide bonds. The Balaban J connectivity index is 1.72. The lowest BCUT2D eigenvalue weighted by Gasteiger charge is -2.20. The Hall–Kier alpha value is -3.59. The summed E-state index contributed by atoms with van der Waals surface area (Å²) in [5, 5.41) is 2.18. The van der Waals surface area contributed by atoms with Crippen molar-refractivity contribution < 1.29 is 9.15 Å². The monoisotopic (exact) mass is 435 g/mol. The molecular weight excluding hydrogens is 406 g/mol. The first-order valence-electron chi connectivity index (χ1n) is 11.4. The second kappa shape index (κ2) is 8.08. The lowest BCUT2D eigenvalue weighted by atomic mass is 9.86. The van der Waals surface area contributed by atoms with Gasteiger partial charge in [0, 0.05) is 28.6 Å². The minimum Gasteiger partial charge on any atom is -0.497 e. The van der Waals surface area contributed by atoms with Gasteiger partial charge in [-0.15, -0.1) is 0 Å². The number of hydrogen-bond acceptors (Lipinski definition) is 3. The second-order valence-electron chi connectivity index (χ2n) is 9.96. The van der Waals surface area contributed by atoms with Crippen LogP contribution >= 0.6 is 0 Å². The summed E-state index contributed by atoms with van der Waals surface area (Å²) in [6, 6.07) is 23.0. The lowest BCUT2D eigenvalue weighted by Crippen LogP contribution is -2.10. The highest BCUT2D eigenvalue weighted by atomic mass is 16.5. The fourth-order valence-corrected chi connectivity index (χ4v) is 4.49. The molecule has 2 heterocycles. The Morgan fingerprint density at radius 3 is 2.39 bits per heavy atom. The summed E-state index contributed by atoms with van der Waals surface area (Å²) in [6.45, 7) is 8.96. The molecule has 3 heteroatoms. The Morgan fingerprint density at radius 2 is 1.67 bits per heavy atom. The van der Waals surface area contributed by atoms with E-state index in [1.807, 2.05) is 18.3 Å².